The Morgan fingerprint density at radius 3 is 1.31 bits per heavy atom. The highest BCUT2D eigenvalue weighted by Crippen LogP contribution is 2.32. The summed E-state index contributed by atoms with van der Waals surface area (Å²) in [6.45, 7) is 0.635. The fourth-order valence-electron chi connectivity index (χ4n) is 2.04. The molecule has 2 aliphatic carbocycles. The largest absolute Gasteiger partial charge is 0.396 e. The van der Waals surface area contributed by atoms with Crippen LogP contribution in [0.4, 0.5) is 0 Å². The Morgan fingerprint density at radius 1 is 0.812 bits per heavy atom. The molecule has 0 saturated heterocycles. The molecule has 0 aromatic rings. The third kappa shape index (κ3) is 3.56. The van der Waals surface area contributed by atoms with Gasteiger partial charge in [-0.05, 0) is 37.5 Å². The molecule has 0 aliphatic heterocycles. The van der Waals surface area contributed by atoms with E-state index in [0.717, 1.165) is 25.7 Å². The van der Waals surface area contributed by atoms with E-state index in [0.29, 0.717) is 36.9 Å². The zero-order chi connectivity index (χ0) is 12.0. The molecule has 0 spiro atoms. The normalized spacial score (nSPS) is 35.5. The molecule has 2 heteroatoms. The monoisotopic (exact) mass is 220 g/mol. The third-order valence-corrected chi connectivity index (χ3v) is 3.46. The highest BCUT2D eigenvalue weighted by molar-refractivity contribution is 5.00. The number of aliphatic hydroxyl groups is 2. The van der Waals surface area contributed by atoms with E-state index in [9.17, 15) is 0 Å². The zero-order valence-corrected chi connectivity index (χ0v) is 9.60. The SMILES string of the molecule is C#CC1CC(CO)C1.C#CC1CC(CO)C1. The minimum absolute atomic E-state index is 0.318. The maximum Gasteiger partial charge on any atom is 0.0460 e. The van der Waals surface area contributed by atoms with E-state index in [1.54, 1.807) is 0 Å². The average Bonchev–Trinajstić information content (AvgIpc) is 2.17. The van der Waals surface area contributed by atoms with Gasteiger partial charge in [-0.1, -0.05) is 0 Å². The van der Waals surface area contributed by atoms with Gasteiger partial charge < -0.3 is 10.2 Å². The Bertz CT molecular complexity index is 242. The minimum atomic E-state index is 0.318. The smallest absolute Gasteiger partial charge is 0.0460 e. The topological polar surface area (TPSA) is 40.5 Å². The van der Waals surface area contributed by atoms with Crippen LogP contribution in [0.3, 0.4) is 0 Å². The first-order chi connectivity index (χ1) is 7.73. The Balaban J connectivity index is 0.000000160. The molecule has 2 fully saturated rings. The van der Waals surface area contributed by atoms with Gasteiger partial charge in [0, 0.05) is 25.0 Å². The molecule has 0 aromatic heterocycles. The van der Waals surface area contributed by atoms with Gasteiger partial charge >= 0.3 is 0 Å². The second-order valence-electron chi connectivity index (χ2n) is 4.77. The van der Waals surface area contributed by atoms with Crippen molar-refractivity contribution in [3.8, 4) is 24.7 Å². The molecular weight excluding hydrogens is 200 g/mol. The molecule has 0 heterocycles. The van der Waals surface area contributed by atoms with Gasteiger partial charge in [-0.3, -0.25) is 0 Å². The van der Waals surface area contributed by atoms with E-state index in [-0.39, 0.29) is 0 Å². The van der Waals surface area contributed by atoms with Crippen LogP contribution in [-0.4, -0.2) is 23.4 Å². The first kappa shape index (κ1) is 13.1. The standard InChI is InChI=1S/2C7H10O/c2*1-2-6-3-7(4-6)5-8/h2*1,6-8H,3-5H2. The summed E-state index contributed by atoms with van der Waals surface area (Å²) in [5.74, 6) is 7.26. The van der Waals surface area contributed by atoms with Gasteiger partial charge in [0.1, 0.15) is 0 Å². The molecule has 16 heavy (non-hydrogen) atoms. The van der Waals surface area contributed by atoms with Gasteiger partial charge in [0.05, 0.1) is 0 Å². The van der Waals surface area contributed by atoms with Gasteiger partial charge in [-0.15, -0.1) is 24.7 Å². The van der Waals surface area contributed by atoms with Crippen molar-refractivity contribution < 1.29 is 10.2 Å². The summed E-state index contributed by atoms with van der Waals surface area (Å²) in [5.41, 5.74) is 0. The molecule has 2 N–H and O–H groups in total. The Morgan fingerprint density at radius 2 is 1.12 bits per heavy atom. The summed E-state index contributed by atoms with van der Waals surface area (Å²) in [4.78, 5) is 0. The number of hydrogen-bond donors (Lipinski definition) is 2. The highest BCUT2D eigenvalue weighted by Gasteiger charge is 2.26. The van der Waals surface area contributed by atoms with Crippen LogP contribution in [0.1, 0.15) is 25.7 Å². The lowest BCUT2D eigenvalue weighted by Crippen LogP contribution is -2.24. The lowest BCUT2D eigenvalue weighted by Gasteiger charge is -2.29. The number of aliphatic hydroxyl groups excluding tert-OH is 2. The van der Waals surface area contributed by atoms with Crippen LogP contribution in [0, 0.1) is 48.4 Å². The van der Waals surface area contributed by atoms with E-state index in [2.05, 4.69) is 11.8 Å². The maximum atomic E-state index is 8.53. The van der Waals surface area contributed by atoms with E-state index < -0.39 is 0 Å². The third-order valence-electron chi connectivity index (χ3n) is 3.46. The van der Waals surface area contributed by atoms with Crippen molar-refractivity contribution in [2.45, 2.75) is 25.7 Å². The van der Waals surface area contributed by atoms with E-state index in [1.165, 1.54) is 0 Å². The van der Waals surface area contributed by atoms with Crippen LogP contribution in [0.5, 0.6) is 0 Å². The number of terminal acetylenes is 2. The molecule has 2 nitrogen and oxygen atoms in total. The van der Waals surface area contributed by atoms with Crippen LogP contribution < -0.4 is 0 Å². The molecule has 0 radical (unpaired) electrons. The second-order valence-corrected chi connectivity index (χ2v) is 4.77. The van der Waals surface area contributed by atoms with Crippen molar-refractivity contribution in [3.63, 3.8) is 0 Å². The molecule has 0 aromatic carbocycles. The molecule has 2 saturated carbocycles. The second kappa shape index (κ2) is 6.59. The Labute approximate surface area is 98.1 Å². The first-order valence-corrected chi connectivity index (χ1v) is 5.87. The predicted octanol–water partition coefficient (Wildman–Crippen LogP) is 1.28. The molecular formula is C14H20O2. The minimum Gasteiger partial charge on any atom is -0.396 e. The van der Waals surface area contributed by atoms with Crippen LogP contribution in [-0.2, 0) is 0 Å². The van der Waals surface area contributed by atoms with Crippen molar-refractivity contribution in [3.05, 3.63) is 0 Å². The summed E-state index contributed by atoms with van der Waals surface area (Å²) in [7, 11) is 0. The predicted molar refractivity (Wildman–Crippen MR) is 64.3 cm³/mol. The molecule has 2 aliphatic rings. The summed E-state index contributed by atoms with van der Waals surface area (Å²) in [6.07, 6.45) is 14.4. The molecule has 0 atom stereocenters. The fraction of sp³-hybridized carbons (Fsp3) is 0.714. The van der Waals surface area contributed by atoms with Crippen molar-refractivity contribution in [1.82, 2.24) is 0 Å². The van der Waals surface area contributed by atoms with Crippen LogP contribution >= 0.6 is 0 Å². The lowest BCUT2D eigenvalue weighted by molar-refractivity contribution is 0.134. The van der Waals surface area contributed by atoms with Gasteiger partial charge in [0.2, 0.25) is 0 Å². The summed E-state index contributed by atoms with van der Waals surface area (Å²) in [5, 5.41) is 17.1. The number of rotatable bonds is 2. The quantitative estimate of drug-likeness (QED) is 0.688. The van der Waals surface area contributed by atoms with Crippen molar-refractivity contribution >= 4 is 0 Å². The Hall–Kier alpha value is -0.960. The van der Waals surface area contributed by atoms with Crippen LogP contribution in [0.2, 0.25) is 0 Å². The summed E-state index contributed by atoms with van der Waals surface area (Å²) in [6, 6.07) is 0. The number of hydrogen-bond acceptors (Lipinski definition) is 2. The molecule has 0 unspecified atom stereocenters. The van der Waals surface area contributed by atoms with E-state index in [4.69, 9.17) is 23.1 Å². The molecule has 0 amide bonds. The van der Waals surface area contributed by atoms with Crippen molar-refractivity contribution in [2.24, 2.45) is 23.7 Å². The van der Waals surface area contributed by atoms with Crippen LogP contribution in [0.25, 0.3) is 0 Å². The van der Waals surface area contributed by atoms with E-state index in [1.807, 2.05) is 0 Å². The lowest BCUT2D eigenvalue weighted by atomic mass is 9.76. The van der Waals surface area contributed by atoms with E-state index >= 15 is 0 Å². The van der Waals surface area contributed by atoms with Gasteiger partial charge in [-0.2, -0.15) is 0 Å². The average molecular weight is 220 g/mol. The fourth-order valence-corrected chi connectivity index (χ4v) is 2.04. The summed E-state index contributed by atoms with van der Waals surface area (Å²) < 4.78 is 0. The van der Waals surface area contributed by atoms with Crippen molar-refractivity contribution in [1.29, 1.82) is 0 Å². The zero-order valence-electron chi connectivity index (χ0n) is 9.60. The Kier molecular flexibility index (Phi) is 5.39. The maximum absolute atomic E-state index is 8.53. The highest BCUT2D eigenvalue weighted by atomic mass is 16.3. The van der Waals surface area contributed by atoms with Gasteiger partial charge in [0.15, 0.2) is 0 Å². The molecule has 0 bridgehead atoms. The van der Waals surface area contributed by atoms with Gasteiger partial charge in [0.25, 0.3) is 0 Å². The summed E-state index contributed by atoms with van der Waals surface area (Å²) >= 11 is 0. The van der Waals surface area contributed by atoms with Crippen LogP contribution in [0.15, 0.2) is 0 Å². The van der Waals surface area contributed by atoms with Crippen molar-refractivity contribution in [2.75, 3.05) is 13.2 Å². The van der Waals surface area contributed by atoms with Gasteiger partial charge in [-0.25, -0.2) is 0 Å². The molecule has 2 rings (SSSR count). The first-order valence-electron chi connectivity index (χ1n) is 5.87. The molecule has 88 valence electrons.